The molecule has 1 saturated heterocycles. The van der Waals surface area contributed by atoms with Crippen LogP contribution in [0.2, 0.25) is 0 Å². The fourth-order valence-corrected chi connectivity index (χ4v) is 4.20. The molecule has 118 valence electrons. The van der Waals surface area contributed by atoms with Crippen LogP contribution >= 0.6 is 0 Å². The predicted molar refractivity (Wildman–Crippen MR) is 85.2 cm³/mol. The van der Waals surface area contributed by atoms with Gasteiger partial charge in [0.15, 0.2) is 0 Å². The smallest absolute Gasteiger partial charge is 0.227 e. The van der Waals surface area contributed by atoms with E-state index in [9.17, 15) is 9.59 Å². The first-order valence-electron chi connectivity index (χ1n) is 8.18. The molecule has 4 nitrogen and oxygen atoms in total. The number of carbonyl (C=O) groups excluding carboxylic acids is 2. The van der Waals surface area contributed by atoms with Crippen molar-refractivity contribution in [1.29, 1.82) is 0 Å². The van der Waals surface area contributed by atoms with Gasteiger partial charge >= 0.3 is 0 Å². The number of hydrogen-bond donors (Lipinski definition) is 1. The van der Waals surface area contributed by atoms with Gasteiger partial charge in [-0.1, -0.05) is 36.8 Å². The minimum absolute atomic E-state index is 0.0203. The van der Waals surface area contributed by atoms with Crippen LogP contribution in [0.25, 0.3) is 0 Å². The third-order valence-electron chi connectivity index (χ3n) is 5.41. The van der Waals surface area contributed by atoms with Crippen molar-refractivity contribution >= 4 is 11.8 Å². The summed E-state index contributed by atoms with van der Waals surface area (Å²) in [4.78, 5) is 26.6. The van der Waals surface area contributed by atoms with Gasteiger partial charge in [0.2, 0.25) is 11.8 Å². The Morgan fingerprint density at radius 1 is 1.27 bits per heavy atom. The monoisotopic (exact) mass is 300 g/mol. The van der Waals surface area contributed by atoms with Gasteiger partial charge in [0.1, 0.15) is 0 Å². The molecule has 22 heavy (non-hydrogen) atoms. The number of likely N-dealkylation sites (tertiary alicyclic amines) is 1. The molecule has 1 heterocycles. The van der Waals surface area contributed by atoms with Crippen LogP contribution in [0.3, 0.4) is 0 Å². The quantitative estimate of drug-likeness (QED) is 0.928. The standard InChI is InChI=1S/C18H24N2O2/c1-19-17(22)15-8-5-9-18(15)10-11-20(13-18)16(21)12-14-6-3-2-4-7-14/h2-4,6-7,15H,5,8-13H2,1H3,(H,19,22)/t15-,18+/m0/s1. The Morgan fingerprint density at radius 2 is 2.05 bits per heavy atom. The molecule has 1 aromatic rings. The van der Waals surface area contributed by atoms with Crippen LogP contribution in [0.1, 0.15) is 31.2 Å². The Hall–Kier alpha value is -1.84. The molecule has 1 saturated carbocycles. The summed E-state index contributed by atoms with van der Waals surface area (Å²) in [6.45, 7) is 1.54. The van der Waals surface area contributed by atoms with Crippen LogP contribution in [0.5, 0.6) is 0 Å². The van der Waals surface area contributed by atoms with Gasteiger partial charge in [-0.15, -0.1) is 0 Å². The Balaban J connectivity index is 1.66. The van der Waals surface area contributed by atoms with Gasteiger partial charge in [-0.3, -0.25) is 9.59 Å². The van der Waals surface area contributed by atoms with Gasteiger partial charge in [-0.25, -0.2) is 0 Å². The maximum Gasteiger partial charge on any atom is 0.227 e. The van der Waals surface area contributed by atoms with Crippen molar-refractivity contribution in [3.05, 3.63) is 35.9 Å². The largest absolute Gasteiger partial charge is 0.359 e. The highest BCUT2D eigenvalue weighted by molar-refractivity contribution is 5.81. The Morgan fingerprint density at radius 3 is 2.77 bits per heavy atom. The zero-order valence-electron chi connectivity index (χ0n) is 13.2. The zero-order valence-corrected chi connectivity index (χ0v) is 13.2. The van der Waals surface area contributed by atoms with Crippen LogP contribution in [-0.4, -0.2) is 36.9 Å². The molecular weight excluding hydrogens is 276 g/mol. The second kappa shape index (κ2) is 6.11. The zero-order chi connectivity index (χ0) is 15.6. The van der Waals surface area contributed by atoms with E-state index in [1.165, 1.54) is 0 Å². The van der Waals surface area contributed by atoms with E-state index in [1.807, 2.05) is 35.2 Å². The first kappa shape index (κ1) is 15.1. The summed E-state index contributed by atoms with van der Waals surface area (Å²) in [6, 6.07) is 9.88. The minimum Gasteiger partial charge on any atom is -0.359 e. The van der Waals surface area contributed by atoms with Crippen molar-refractivity contribution in [1.82, 2.24) is 10.2 Å². The summed E-state index contributed by atoms with van der Waals surface area (Å²) < 4.78 is 0. The molecule has 2 aliphatic rings. The van der Waals surface area contributed by atoms with Crippen LogP contribution in [-0.2, 0) is 16.0 Å². The van der Waals surface area contributed by atoms with E-state index in [4.69, 9.17) is 0 Å². The normalized spacial score (nSPS) is 27.3. The van der Waals surface area contributed by atoms with Gasteiger partial charge in [-0.2, -0.15) is 0 Å². The number of nitrogens with zero attached hydrogens (tertiary/aromatic N) is 1. The lowest BCUT2D eigenvalue weighted by Gasteiger charge is -2.30. The highest BCUT2D eigenvalue weighted by Gasteiger charge is 2.50. The average Bonchev–Trinajstić information content (AvgIpc) is 3.15. The Bertz CT molecular complexity index is 557. The summed E-state index contributed by atoms with van der Waals surface area (Å²) in [5.41, 5.74) is 1.08. The molecule has 1 aliphatic heterocycles. The van der Waals surface area contributed by atoms with Gasteiger partial charge in [0, 0.05) is 31.5 Å². The molecule has 0 bridgehead atoms. The maximum atomic E-state index is 12.5. The number of hydrogen-bond acceptors (Lipinski definition) is 2. The molecular formula is C18H24N2O2. The summed E-state index contributed by atoms with van der Waals surface area (Å²) in [6.07, 6.45) is 4.55. The van der Waals surface area contributed by atoms with Crippen molar-refractivity contribution in [3.63, 3.8) is 0 Å². The van der Waals surface area contributed by atoms with Crippen LogP contribution in [0.15, 0.2) is 30.3 Å². The van der Waals surface area contributed by atoms with E-state index in [0.29, 0.717) is 6.42 Å². The highest BCUT2D eigenvalue weighted by atomic mass is 16.2. The molecule has 4 heteroatoms. The average molecular weight is 300 g/mol. The molecule has 2 atom stereocenters. The van der Waals surface area contributed by atoms with Crippen LogP contribution in [0, 0.1) is 11.3 Å². The second-order valence-corrected chi connectivity index (χ2v) is 6.65. The van der Waals surface area contributed by atoms with Crippen molar-refractivity contribution < 1.29 is 9.59 Å². The van der Waals surface area contributed by atoms with E-state index in [2.05, 4.69) is 5.32 Å². The maximum absolute atomic E-state index is 12.5. The van der Waals surface area contributed by atoms with Crippen molar-refractivity contribution in [2.75, 3.05) is 20.1 Å². The number of benzene rings is 1. The lowest BCUT2D eigenvalue weighted by atomic mass is 9.76. The molecule has 1 aliphatic carbocycles. The molecule has 0 radical (unpaired) electrons. The fraction of sp³-hybridized carbons (Fsp3) is 0.556. The molecule has 2 fully saturated rings. The lowest BCUT2D eigenvalue weighted by Crippen LogP contribution is -2.40. The van der Waals surface area contributed by atoms with Gasteiger partial charge in [-0.05, 0) is 24.8 Å². The number of amides is 2. The summed E-state index contributed by atoms with van der Waals surface area (Å²) in [5, 5.41) is 2.80. The molecule has 3 rings (SSSR count). The van der Waals surface area contributed by atoms with Crippen molar-refractivity contribution in [2.24, 2.45) is 11.3 Å². The topological polar surface area (TPSA) is 49.4 Å². The SMILES string of the molecule is CNC(=O)[C@@H]1CCC[C@]12CCN(C(=O)Cc1ccccc1)C2. The van der Waals surface area contributed by atoms with Crippen molar-refractivity contribution in [2.45, 2.75) is 32.1 Å². The molecule has 0 aromatic heterocycles. The minimum atomic E-state index is 0.0203. The van der Waals surface area contributed by atoms with E-state index in [-0.39, 0.29) is 23.1 Å². The summed E-state index contributed by atoms with van der Waals surface area (Å²) in [7, 11) is 1.71. The lowest BCUT2D eigenvalue weighted by molar-refractivity contribution is -0.132. The summed E-state index contributed by atoms with van der Waals surface area (Å²) >= 11 is 0. The first-order valence-corrected chi connectivity index (χ1v) is 8.18. The first-order chi connectivity index (χ1) is 10.6. The van der Waals surface area contributed by atoms with Crippen LogP contribution < -0.4 is 5.32 Å². The Labute approximate surface area is 131 Å². The Kier molecular flexibility index (Phi) is 4.19. The number of rotatable bonds is 3. The predicted octanol–water partition coefficient (Wildman–Crippen LogP) is 1.99. The molecule has 0 unspecified atom stereocenters. The number of nitrogens with one attached hydrogen (secondary N) is 1. The van der Waals surface area contributed by atoms with E-state index in [1.54, 1.807) is 7.05 Å². The van der Waals surface area contributed by atoms with E-state index >= 15 is 0 Å². The van der Waals surface area contributed by atoms with Gasteiger partial charge in [0.25, 0.3) is 0 Å². The van der Waals surface area contributed by atoms with Crippen LogP contribution in [0.4, 0.5) is 0 Å². The van der Waals surface area contributed by atoms with Crippen molar-refractivity contribution in [3.8, 4) is 0 Å². The number of carbonyl (C=O) groups is 2. The second-order valence-electron chi connectivity index (χ2n) is 6.65. The highest BCUT2D eigenvalue weighted by Crippen LogP contribution is 2.49. The summed E-state index contributed by atoms with van der Waals surface area (Å²) in [5.74, 6) is 0.410. The van der Waals surface area contributed by atoms with Gasteiger partial charge in [0.05, 0.1) is 6.42 Å². The van der Waals surface area contributed by atoms with Gasteiger partial charge < -0.3 is 10.2 Å². The van der Waals surface area contributed by atoms with E-state index in [0.717, 1.165) is 44.3 Å². The third-order valence-corrected chi connectivity index (χ3v) is 5.41. The molecule has 2 amide bonds. The molecule has 1 N–H and O–H groups in total. The van der Waals surface area contributed by atoms with E-state index < -0.39 is 0 Å². The molecule has 1 spiro atoms. The molecule has 1 aromatic carbocycles. The third kappa shape index (κ3) is 2.74. The fourth-order valence-electron chi connectivity index (χ4n) is 4.20.